The molecule has 3 N–H and O–H groups in total. The molecular formula is C14H21NO. The first-order valence-corrected chi connectivity index (χ1v) is 6.28. The number of hydrogen-bond acceptors (Lipinski definition) is 2. The standard InChI is InChI=1S/C14H21NO/c15-14(10-16)13-9-5-4-8-12(13)11-6-2-1-3-7-11/h4-5,8-9,11,14,16H,1-3,6-7,10,15H2/t14-/m0/s1. The van der Waals surface area contributed by atoms with Gasteiger partial charge in [-0.25, -0.2) is 0 Å². The molecule has 1 aliphatic rings. The van der Waals surface area contributed by atoms with Crippen molar-refractivity contribution in [2.24, 2.45) is 5.73 Å². The van der Waals surface area contributed by atoms with Gasteiger partial charge in [-0.3, -0.25) is 0 Å². The molecular weight excluding hydrogens is 198 g/mol. The first-order valence-electron chi connectivity index (χ1n) is 6.28. The maximum atomic E-state index is 9.19. The minimum Gasteiger partial charge on any atom is -0.394 e. The van der Waals surface area contributed by atoms with Crippen LogP contribution in [0.1, 0.15) is 55.2 Å². The fourth-order valence-electron chi connectivity index (χ4n) is 2.73. The zero-order valence-electron chi connectivity index (χ0n) is 9.73. The van der Waals surface area contributed by atoms with Crippen LogP contribution in [0.4, 0.5) is 0 Å². The van der Waals surface area contributed by atoms with Gasteiger partial charge in [0.2, 0.25) is 0 Å². The number of benzene rings is 1. The highest BCUT2D eigenvalue weighted by molar-refractivity contribution is 5.33. The van der Waals surface area contributed by atoms with Gasteiger partial charge in [0.25, 0.3) is 0 Å². The number of nitrogens with two attached hydrogens (primary N) is 1. The highest BCUT2D eigenvalue weighted by Gasteiger charge is 2.20. The van der Waals surface area contributed by atoms with Crippen molar-refractivity contribution in [3.05, 3.63) is 35.4 Å². The molecule has 0 aromatic heterocycles. The minimum absolute atomic E-state index is 0.0315. The van der Waals surface area contributed by atoms with Gasteiger partial charge in [0.15, 0.2) is 0 Å². The molecule has 2 rings (SSSR count). The van der Waals surface area contributed by atoms with Crippen molar-refractivity contribution in [3.8, 4) is 0 Å². The largest absolute Gasteiger partial charge is 0.394 e. The van der Waals surface area contributed by atoms with E-state index in [2.05, 4.69) is 18.2 Å². The van der Waals surface area contributed by atoms with E-state index < -0.39 is 0 Å². The summed E-state index contributed by atoms with van der Waals surface area (Å²) in [5, 5.41) is 9.19. The summed E-state index contributed by atoms with van der Waals surface area (Å²) in [6.07, 6.45) is 6.57. The van der Waals surface area contributed by atoms with Gasteiger partial charge >= 0.3 is 0 Å². The van der Waals surface area contributed by atoms with E-state index in [0.717, 1.165) is 5.56 Å². The summed E-state index contributed by atoms with van der Waals surface area (Å²) in [7, 11) is 0. The fourth-order valence-corrected chi connectivity index (χ4v) is 2.73. The molecule has 1 fully saturated rings. The normalized spacial score (nSPS) is 19.6. The average molecular weight is 219 g/mol. The van der Waals surface area contributed by atoms with Gasteiger partial charge in [0.1, 0.15) is 0 Å². The van der Waals surface area contributed by atoms with Gasteiger partial charge in [-0.05, 0) is 29.9 Å². The number of hydrogen-bond donors (Lipinski definition) is 2. The van der Waals surface area contributed by atoms with Crippen LogP contribution in [0.5, 0.6) is 0 Å². The molecule has 2 nitrogen and oxygen atoms in total. The summed E-state index contributed by atoms with van der Waals surface area (Å²) in [6.45, 7) is 0.0315. The Morgan fingerprint density at radius 3 is 2.56 bits per heavy atom. The van der Waals surface area contributed by atoms with Crippen molar-refractivity contribution < 1.29 is 5.11 Å². The Balaban J connectivity index is 2.24. The second-order valence-electron chi connectivity index (χ2n) is 4.75. The Hall–Kier alpha value is -0.860. The molecule has 16 heavy (non-hydrogen) atoms. The fraction of sp³-hybridized carbons (Fsp3) is 0.571. The third-order valence-electron chi connectivity index (χ3n) is 3.64. The molecule has 1 atom stereocenters. The molecule has 0 heterocycles. The maximum Gasteiger partial charge on any atom is 0.0624 e. The average Bonchev–Trinajstić information content (AvgIpc) is 2.39. The summed E-state index contributed by atoms with van der Waals surface area (Å²) in [5.41, 5.74) is 8.45. The topological polar surface area (TPSA) is 46.2 Å². The van der Waals surface area contributed by atoms with Crippen LogP contribution in [-0.4, -0.2) is 11.7 Å². The lowest BCUT2D eigenvalue weighted by atomic mass is 9.81. The van der Waals surface area contributed by atoms with Crippen LogP contribution in [0.25, 0.3) is 0 Å². The van der Waals surface area contributed by atoms with E-state index in [-0.39, 0.29) is 12.6 Å². The van der Waals surface area contributed by atoms with E-state index in [0.29, 0.717) is 5.92 Å². The van der Waals surface area contributed by atoms with Crippen molar-refractivity contribution in [2.75, 3.05) is 6.61 Å². The van der Waals surface area contributed by atoms with Crippen LogP contribution in [0.3, 0.4) is 0 Å². The second-order valence-corrected chi connectivity index (χ2v) is 4.75. The van der Waals surface area contributed by atoms with Crippen LogP contribution in [0.2, 0.25) is 0 Å². The molecule has 2 heteroatoms. The lowest BCUT2D eigenvalue weighted by molar-refractivity contribution is 0.266. The lowest BCUT2D eigenvalue weighted by Crippen LogP contribution is -2.18. The molecule has 0 aliphatic heterocycles. The summed E-state index contributed by atoms with van der Waals surface area (Å²) in [6, 6.07) is 8.11. The van der Waals surface area contributed by atoms with Crippen LogP contribution in [0, 0.1) is 0 Å². The molecule has 0 spiro atoms. The van der Waals surface area contributed by atoms with Gasteiger partial charge in [0, 0.05) is 0 Å². The SMILES string of the molecule is N[C@@H](CO)c1ccccc1C1CCCCC1. The molecule has 1 aliphatic carbocycles. The Morgan fingerprint density at radius 2 is 1.88 bits per heavy atom. The van der Waals surface area contributed by atoms with Crippen molar-refractivity contribution in [3.63, 3.8) is 0 Å². The third kappa shape index (κ3) is 2.45. The van der Waals surface area contributed by atoms with Crippen LogP contribution < -0.4 is 5.73 Å². The van der Waals surface area contributed by atoms with Gasteiger partial charge in [-0.1, -0.05) is 43.5 Å². The predicted molar refractivity (Wildman–Crippen MR) is 66.3 cm³/mol. The van der Waals surface area contributed by atoms with Crippen LogP contribution in [-0.2, 0) is 0 Å². The molecule has 0 radical (unpaired) electrons. The highest BCUT2D eigenvalue weighted by Crippen LogP contribution is 2.35. The third-order valence-corrected chi connectivity index (χ3v) is 3.64. The number of rotatable bonds is 3. The smallest absolute Gasteiger partial charge is 0.0624 e. The van der Waals surface area contributed by atoms with E-state index in [1.54, 1.807) is 0 Å². The molecule has 0 amide bonds. The monoisotopic (exact) mass is 219 g/mol. The minimum atomic E-state index is -0.224. The Labute approximate surface area is 97.5 Å². The van der Waals surface area contributed by atoms with Crippen molar-refractivity contribution >= 4 is 0 Å². The second kappa shape index (κ2) is 5.46. The zero-order chi connectivity index (χ0) is 11.4. The van der Waals surface area contributed by atoms with Crippen molar-refractivity contribution in [1.29, 1.82) is 0 Å². The maximum absolute atomic E-state index is 9.19. The first kappa shape index (κ1) is 11.6. The Bertz CT molecular complexity index is 331. The summed E-state index contributed by atoms with van der Waals surface area (Å²) < 4.78 is 0. The summed E-state index contributed by atoms with van der Waals surface area (Å²) in [4.78, 5) is 0. The molecule has 88 valence electrons. The van der Waals surface area contributed by atoms with Gasteiger partial charge in [-0.2, -0.15) is 0 Å². The summed E-state index contributed by atoms with van der Waals surface area (Å²) >= 11 is 0. The number of aliphatic hydroxyl groups is 1. The molecule has 1 aromatic rings. The Morgan fingerprint density at radius 1 is 1.19 bits per heavy atom. The Kier molecular flexibility index (Phi) is 3.97. The summed E-state index contributed by atoms with van der Waals surface area (Å²) in [5.74, 6) is 0.655. The predicted octanol–water partition coefficient (Wildman–Crippen LogP) is 2.73. The van der Waals surface area contributed by atoms with E-state index in [4.69, 9.17) is 5.73 Å². The molecule has 1 saturated carbocycles. The quantitative estimate of drug-likeness (QED) is 0.821. The zero-order valence-corrected chi connectivity index (χ0v) is 9.73. The van der Waals surface area contributed by atoms with Gasteiger partial charge in [-0.15, -0.1) is 0 Å². The molecule has 0 bridgehead atoms. The highest BCUT2D eigenvalue weighted by atomic mass is 16.3. The van der Waals surface area contributed by atoms with Gasteiger partial charge < -0.3 is 10.8 Å². The van der Waals surface area contributed by atoms with Crippen LogP contribution >= 0.6 is 0 Å². The lowest BCUT2D eigenvalue weighted by Gasteiger charge is -2.25. The number of aliphatic hydroxyl groups excluding tert-OH is 1. The van der Waals surface area contributed by atoms with Gasteiger partial charge in [0.05, 0.1) is 12.6 Å². The molecule has 0 saturated heterocycles. The van der Waals surface area contributed by atoms with Crippen LogP contribution in [0.15, 0.2) is 24.3 Å². The van der Waals surface area contributed by atoms with Crippen molar-refractivity contribution in [1.82, 2.24) is 0 Å². The first-order chi connectivity index (χ1) is 7.83. The molecule has 1 aromatic carbocycles. The van der Waals surface area contributed by atoms with E-state index >= 15 is 0 Å². The van der Waals surface area contributed by atoms with E-state index in [9.17, 15) is 5.11 Å². The van der Waals surface area contributed by atoms with E-state index in [1.165, 1.54) is 37.7 Å². The van der Waals surface area contributed by atoms with Crippen molar-refractivity contribution in [2.45, 2.75) is 44.1 Å². The molecule has 0 unspecified atom stereocenters. The van der Waals surface area contributed by atoms with E-state index in [1.807, 2.05) is 6.07 Å².